The molecule has 2 aromatic rings. The molecule has 2 aromatic carbocycles. The summed E-state index contributed by atoms with van der Waals surface area (Å²) in [6, 6.07) is 9.75. The molecule has 128 valence electrons. The lowest BCUT2D eigenvalue weighted by Gasteiger charge is -2.14. The van der Waals surface area contributed by atoms with Gasteiger partial charge in [-0.3, -0.25) is 4.72 Å². The van der Waals surface area contributed by atoms with Gasteiger partial charge in [0, 0.05) is 6.07 Å². The van der Waals surface area contributed by atoms with Crippen LogP contribution in [0.4, 0.5) is 5.69 Å². The molecule has 1 aliphatic rings. The van der Waals surface area contributed by atoms with Crippen LogP contribution in [0.1, 0.15) is 25.3 Å². The molecule has 0 saturated carbocycles. The van der Waals surface area contributed by atoms with Crippen LogP contribution in [0.5, 0.6) is 17.2 Å². The Morgan fingerprint density at radius 2 is 1.83 bits per heavy atom. The molecule has 0 radical (unpaired) electrons. The molecule has 0 saturated heterocycles. The summed E-state index contributed by atoms with van der Waals surface area (Å²) in [4.78, 5) is 0.185. The SMILES string of the molecule is COc1ccc(S(=O)(=O)Nc2ccc3c(c2)OCO3)cc1C(C)C. The van der Waals surface area contributed by atoms with E-state index in [1.807, 2.05) is 13.8 Å². The van der Waals surface area contributed by atoms with E-state index in [0.717, 1.165) is 5.56 Å². The van der Waals surface area contributed by atoms with Crippen molar-refractivity contribution in [3.63, 3.8) is 0 Å². The van der Waals surface area contributed by atoms with Crippen molar-refractivity contribution in [3.05, 3.63) is 42.0 Å². The molecule has 1 aliphatic heterocycles. The van der Waals surface area contributed by atoms with Gasteiger partial charge < -0.3 is 14.2 Å². The molecular weight excluding hydrogens is 330 g/mol. The lowest BCUT2D eigenvalue weighted by Crippen LogP contribution is -2.13. The molecule has 0 aromatic heterocycles. The van der Waals surface area contributed by atoms with Crippen LogP contribution in [0.25, 0.3) is 0 Å². The smallest absolute Gasteiger partial charge is 0.261 e. The number of sulfonamides is 1. The van der Waals surface area contributed by atoms with E-state index in [4.69, 9.17) is 14.2 Å². The molecule has 24 heavy (non-hydrogen) atoms. The van der Waals surface area contributed by atoms with Gasteiger partial charge in [-0.1, -0.05) is 13.8 Å². The highest BCUT2D eigenvalue weighted by molar-refractivity contribution is 7.92. The van der Waals surface area contributed by atoms with Crippen LogP contribution in [0.2, 0.25) is 0 Å². The summed E-state index contributed by atoms with van der Waals surface area (Å²) in [7, 11) is -2.14. The Bertz CT molecular complexity index is 861. The number of benzene rings is 2. The lowest BCUT2D eigenvalue weighted by molar-refractivity contribution is 0.174. The summed E-state index contributed by atoms with van der Waals surface area (Å²) < 4.78 is 43.7. The molecule has 0 atom stereocenters. The average molecular weight is 349 g/mol. The molecule has 0 fully saturated rings. The second-order valence-corrected chi connectivity index (χ2v) is 7.41. The van der Waals surface area contributed by atoms with Gasteiger partial charge in [0.15, 0.2) is 11.5 Å². The minimum atomic E-state index is -3.71. The molecule has 1 heterocycles. The third-order valence-electron chi connectivity index (χ3n) is 3.76. The maximum atomic E-state index is 12.7. The number of methoxy groups -OCH3 is 1. The van der Waals surface area contributed by atoms with Crippen molar-refractivity contribution in [1.29, 1.82) is 0 Å². The zero-order valence-corrected chi connectivity index (χ0v) is 14.5. The molecule has 0 bridgehead atoms. The third-order valence-corrected chi connectivity index (χ3v) is 5.14. The van der Waals surface area contributed by atoms with Gasteiger partial charge in [-0.2, -0.15) is 0 Å². The normalized spacial score (nSPS) is 13.2. The van der Waals surface area contributed by atoms with E-state index in [0.29, 0.717) is 22.9 Å². The van der Waals surface area contributed by atoms with Crippen molar-refractivity contribution in [3.8, 4) is 17.2 Å². The molecule has 1 N–H and O–H groups in total. The number of anilines is 1. The maximum Gasteiger partial charge on any atom is 0.261 e. The summed E-state index contributed by atoms with van der Waals surface area (Å²) >= 11 is 0. The number of hydrogen-bond donors (Lipinski definition) is 1. The first-order valence-corrected chi connectivity index (χ1v) is 8.99. The number of nitrogens with one attached hydrogen (secondary N) is 1. The molecule has 0 amide bonds. The minimum absolute atomic E-state index is 0.139. The van der Waals surface area contributed by atoms with Crippen molar-refractivity contribution in [2.24, 2.45) is 0 Å². The van der Waals surface area contributed by atoms with Crippen LogP contribution >= 0.6 is 0 Å². The first-order chi connectivity index (χ1) is 11.4. The first-order valence-electron chi connectivity index (χ1n) is 7.51. The van der Waals surface area contributed by atoms with Gasteiger partial charge in [-0.05, 0) is 41.8 Å². The Morgan fingerprint density at radius 1 is 1.08 bits per heavy atom. The highest BCUT2D eigenvalue weighted by Crippen LogP contribution is 2.35. The average Bonchev–Trinajstić information content (AvgIpc) is 3.01. The van der Waals surface area contributed by atoms with Crippen molar-refractivity contribution in [2.75, 3.05) is 18.6 Å². The zero-order chi connectivity index (χ0) is 17.3. The number of fused-ring (bicyclic) bond motifs is 1. The Labute approximate surface area is 141 Å². The monoisotopic (exact) mass is 349 g/mol. The van der Waals surface area contributed by atoms with E-state index in [-0.39, 0.29) is 17.6 Å². The largest absolute Gasteiger partial charge is 0.496 e. The quantitative estimate of drug-likeness (QED) is 0.896. The molecular formula is C17H19NO5S. The Hall–Kier alpha value is -2.41. The third kappa shape index (κ3) is 3.12. The Balaban J connectivity index is 1.92. The topological polar surface area (TPSA) is 73.9 Å². The molecule has 0 aliphatic carbocycles. The first kappa shape index (κ1) is 16.4. The number of hydrogen-bond acceptors (Lipinski definition) is 5. The standard InChI is InChI=1S/C17H19NO5S/c1-11(2)14-9-13(5-7-15(14)21-3)24(19,20)18-12-4-6-16-17(8-12)23-10-22-16/h4-9,11,18H,10H2,1-3H3. The number of rotatable bonds is 5. The van der Waals surface area contributed by atoms with Gasteiger partial charge in [0.25, 0.3) is 10.0 Å². The zero-order valence-electron chi connectivity index (χ0n) is 13.7. The summed E-state index contributed by atoms with van der Waals surface area (Å²) in [5, 5.41) is 0. The summed E-state index contributed by atoms with van der Waals surface area (Å²) in [5.74, 6) is 1.94. The van der Waals surface area contributed by atoms with E-state index in [1.54, 1.807) is 37.4 Å². The van der Waals surface area contributed by atoms with E-state index in [1.165, 1.54) is 6.07 Å². The van der Waals surface area contributed by atoms with E-state index in [2.05, 4.69) is 4.72 Å². The molecule has 7 heteroatoms. The van der Waals surface area contributed by atoms with Gasteiger partial charge in [0.05, 0.1) is 17.7 Å². The number of ether oxygens (including phenoxy) is 3. The molecule has 3 rings (SSSR count). The second-order valence-electron chi connectivity index (χ2n) is 5.73. The van der Waals surface area contributed by atoms with Crippen molar-refractivity contribution < 1.29 is 22.6 Å². The second kappa shape index (κ2) is 6.24. The van der Waals surface area contributed by atoms with Gasteiger partial charge in [0.1, 0.15) is 5.75 Å². The van der Waals surface area contributed by atoms with Gasteiger partial charge in [0.2, 0.25) is 6.79 Å². The predicted octanol–water partition coefficient (Wildman–Crippen LogP) is 3.35. The van der Waals surface area contributed by atoms with E-state index < -0.39 is 10.0 Å². The highest BCUT2D eigenvalue weighted by Gasteiger charge is 2.20. The summed E-state index contributed by atoms with van der Waals surface area (Å²) in [6.07, 6.45) is 0. The maximum absolute atomic E-state index is 12.7. The summed E-state index contributed by atoms with van der Waals surface area (Å²) in [5.41, 5.74) is 1.26. The van der Waals surface area contributed by atoms with Crippen LogP contribution in [0, 0.1) is 0 Å². The van der Waals surface area contributed by atoms with Gasteiger partial charge >= 0.3 is 0 Å². The fourth-order valence-corrected chi connectivity index (χ4v) is 3.59. The lowest BCUT2D eigenvalue weighted by atomic mass is 10.0. The fraction of sp³-hybridized carbons (Fsp3) is 0.294. The minimum Gasteiger partial charge on any atom is -0.496 e. The van der Waals surface area contributed by atoms with Crippen LogP contribution in [-0.2, 0) is 10.0 Å². The molecule has 6 nitrogen and oxygen atoms in total. The highest BCUT2D eigenvalue weighted by atomic mass is 32.2. The summed E-state index contributed by atoms with van der Waals surface area (Å²) in [6.45, 7) is 4.11. The van der Waals surface area contributed by atoms with Gasteiger partial charge in [-0.25, -0.2) is 8.42 Å². The van der Waals surface area contributed by atoms with Crippen molar-refractivity contribution in [1.82, 2.24) is 0 Å². The molecule has 0 unspecified atom stereocenters. The van der Waals surface area contributed by atoms with Crippen LogP contribution in [-0.4, -0.2) is 22.3 Å². The Kier molecular flexibility index (Phi) is 4.28. The fourth-order valence-electron chi connectivity index (χ4n) is 2.50. The Morgan fingerprint density at radius 3 is 2.54 bits per heavy atom. The predicted molar refractivity (Wildman–Crippen MR) is 90.5 cm³/mol. The van der Waals surface area contributed by atoms with E-state index in [9.17, 15) is 8.42 Å². The van der Waals surface area contributed by atoms with Crippen LogP contribution < -0.4 is 18.9 Å². The van der Waals surface area contributed by atoms with Crippen molar-refractivity contribution in [2.45, 2.75) is 24.7 Å². The van der Waals surface area contributed by atoms with Gasteiger partial charge in [-0.15, -0.1) is 0 Å². The van der Waals surface area contributed by atoms with Crippen LogP contribution in [0.15, 0.2) is 41.3 Å². The van der Waals surface area contributed by atoms with Crippen molar-refractivity contribution >= 4 is 15.7 Å². The van der Waals surface area contributed by atoms with Crippen LogP contribution in [0.3, 0.4) is 0 Å². The molecule has 0 spiro atoms. The van der Waals surface area contributed by atoms with E-state index >= 15 is 0 Å².